The van der Waals surface area contributed by atoms with Gasteiger partial charge in [0.1, 0.15) is 5.82 Å². The lowest BCUT2D eigenvalue weighted by molar-refractivity contribution is 0.375. The third-order valence-electron chi connectivity index (χ3n) is 4.07. The first-order valence-electron chi connectivity index (χ1n) is 7.49. The summed E-state index contributed by atoms with van der Waals surface area (Å²) in [6.45, 7) is 6.76. The van der Waals surface area contributed by atoms with Gasteiger partial charge in [-0.2, -0.15) is 0 Å². The number of aryl methyl sites for hydroxylation is 2. The van der Waals surface area contributed by atoms with Gasteiger partial charge >= 0.3 is 0 Å². The Bertz CT molecular complexity index is 478. The lowest BCUT2D eigenvalue weighted by atomic mass is 9.95. The van der Waals surface area contributed by atoms with E-state index in [-0.39, 0.29) is 0 Å². The van der Waals surface area contributed by atoms with Gasteiger partial charge < -0.3 is 5.32 Å². The van der Waals surface area contributed by atoms with E-state index in [4.69, 9.17) is 0 Å². The molecule has 1 aliphatic rings. The minimum Gasteiger partial charge on any atom is -0.310 e. The Hall–Kier alpha value is -0.810. The van der Waals surface area contributed by atoms with Crippen LogP contribution in [0.3, 0.4) is 0 Å². The van der Waals surface area contributed by atoms with Crippen LogP contribution in [0.2, 0.25) is 0 Å². The van der Waals surface area contributed by atoms with E-state index in [1.54, 1.807) is 0 Å². The minimum absolute atomic E-state index is 0.376. The smallest absolute Gasteiger partial charge is 0.125 e. The average molecular weight is 295 g/mol. The number of rotatable bonds is 5. The van der Waals surface area contributed by atoms with Crippen LogP contribution >= 0.6 is 0 Å². The van der Waals surface area contributed by atoms with E-state index in [2.05, 4.69) is 15.3 Å². The van der Waals surface area contributed by atoms with Crippen molar-refractivity contribution in [3.63, 3.8) is 0 Å². The standard InChI is InChI=1S/C15H25N3OS/c1-4-20(19)15-7-5-6-14(8-15)17-10-13-9-16-12(3)18-11(13)2/h9,14-15,17H,4-8,10H2,1-3H3. The maximum absolute atomic E-state index is 11.9. The van der Waals surface area contributed by atoms with Crippen molar-refractivity contribution in [1.29, 1.82) is 0 Å². The molecule has 0 aliphatic heterocycles. The molecule has 5 heteroatoms. The maximum Gasteiger partial charge on any atom is 0.125 e. The van der Waals surface area contributed by atoms with Crippen molar-refractivity contribution in [2.24, 2.45) is 0 Å². The number of aromatic nitrogens is 2. The number of nitrogens with zero attached hydrogens (tertiary/aromatic N) is 2. The third kappa shape index (κ3) is 4.09. The van der Waals surface area contributed by atoms with Crippen LogP contribution in [0.5, 0.6) is 0 Å². The van der Waals surface area contributed by atoms with Gasteiger partial charge in [0.15, 0.2) is 0 Å². The molecule has 1 aliphatic carbocycles. The maximum atomic E-state index is 11.9. The van der Waals surface area contributed by atoms with Crippen molar-refractivity contribution >= 4 is 10.8 Å². The summed E-state index contributed by atoms with van der Waals surface area (Å²) in [5, 5.41) is 3.97. The highest BCUT2D eigenvalue weighted by Crippen LogP contribution is 2.23. The van der Waals surface area contributed by atoms with Crippen LogP contribution in [0, 0.1) is 13.8 Å². The van der Waals surface area contributed by atoms with Gasteiger partial charge in [0, 0.05) is 51.8 Å². The molecule has 0 bridgehead atoms. The molecule has 0 aromatic carbocycles. The zero-order chi connectivity index (χ0) is 14.5. The van der Waals surface area contributed by atoms with Gasteiger partial charge in [-0.15, -0.1) is 0 Å². The van der Waals surface area contributed by atoms with E-state index in [9.17, 15) is 4.21 Å². The van der Waals surface area contributed by atoms with E-state index >= 15 is 0 Å². The van der Waals surface area contributed by atoms with Crippen LogP contribution in [0.1, 0.15) is 49.7 Å². The van der Waals surface area contributed by atoms with E-state index < -0.39 is 10.8 Å². The summed E-state index contributed by atoms with van der Waals surface area (Å²) >= 11 is 0. The van der Waals surface area contributed by atoms with Crippen LogP contribution in [0.25, 0.3) is 0 Å². The Balaban J connectivity index is 1.88. The molecule has 3 unspecified atom stereocenters. The SMILES string of the molecule is CCS(=O)C1CCCC(NCc2cnc(C)nc2C)C1. The molecule has 3 atom stereocenters. The van der Waals surface area contributed by atoms with Crippen LogP contribution < -0.4 is 5.32 Å². The predicted molar refractivity (Wildman–Crippen MR) is 83.1 cm³/mol. The normalized spacial score (nSPS) is 24.6. The molecule has 0 spiro atoms. The fourth-order valence-corrected chi connectivity index (χ4v) is 4.19. The molecule has 2 rings (SSSR count). The second-order valence-corrected chi connectivity index (χ2v) is 7.57. The molecule has 1 N–H and O–H groups in total. The van der Waals surface area contributed by atoms with Crippen molar-refractivity contribution in [2.75, 3.05) is 5.75 Å². The van der Waals surface area contributed by atoms with Gasteiger partial charge in [-0.25, -0.2) is 9.97 Å². The van der Waals surface area contributed by atoms with E-state index in [0.717, 1.165) is 42.2 Å². The topological polar surface area (TPSA) is 54.9 Å². The second-order valence-electron chi connectivity index (χ2n) is 5.56. The first-order chi connectivity index (χ1) is 9.60. The van der Waals surface area contributed by atoms with Gasteiger partial charge in [-0.3, -0.25) is 4.21 Å². The monoisotopic (exact) mass is 295 g/mol. The molecule has 4 nitrogen and oxygen atoms in total. The Morgan fingerprint density at radius 3 is 2.90 bits per heavy atom. The Labute approximate surface area is 124 Å². The van der Waals surface area contributed by atoms with Crippen molar-refractivity contribution < 1.29 is 4.21 Å². The highest BCUT2D eigenvalue weighted by molar-refractivity contribution is 7.85. The summed E-state index contributed by atoms with van der Waals surface area (Å²) in [5.41, 5.74) is 2.21. The second kappa shape index (κ2) is 7.27. The van der Waals surface area contributed by atoms with E-state index in [1.165, 1.54) is 12.8 Å². The third-order valence-corrected chi connectivity index (χ3v) is 5.81. The predicted octanol–water partition coefficient (Wildman–Crippen LogP) is 2.26. The highest BCUT2D eigenvalue weighted by Gasteiger charge is 2.25. The lowest BCUT2D eigenvalue weighted by Gasteiger charge is -2.29. The summed E-state index contributed by atoms with van der Waals surface area (Å²) in [6.07, 6.45) is 6.42. The molecule has 20 heavy (non-hydrogen) atoms. The van der Waals surface area contributed by atoms with Crippen LogP contribution in [0.4, 0.5) is 0 Å². The molecule has 0 amide bonds. The van der Waals surface area contributed by atoms with Gasteiger partial charge in [0.05, 0.1) is 0 Å². The highest BCUT2D eigenvalue weighted by atomic mass is 32.2. The lowest BCUT2D eigenvalue weighted by Crippen LogP contribution is -2.37. The van der Waals surface area contributed by atoms with Gasteiger partial charge in [-0.1, -0.05) is 13.3 Å². The summed E-state index contributed by atoms with van der Waals surface area (Å²) < 4.78 is 11.9. The van der Waals surface area contributed by atoms with Crippen molar-refractivity contribution in [3.8, 4) is 0 Å². The Morgan fingerprint density at radius 1 is 1.40 bits per heavy atom. The summed E-state index contributed by atoms with van der Waals surface area (Å²) in [6, 6.07) is 0.477. The average Bonchev–Trinajstić information content (AvgIpc) is 2.46. The molecular weight excluding hydrogens is 270 g/mol. The van der Waals surface area contributed by atoms with E-state index in [1.807, 2.05) is 27.0 Å². The molecule has 1 heterocycles. The zero-order valence-corrected chi connectivity index (χ0v) is 13.5. The van der Waals surface area contributed by atoms with Crippen molar-refractivity contribution in [2.45, 2.75) is 64.3 Å². The van der Waals surface area contributed by atoms with Gasteiger partial charge in [-0.05, 0) is 33.1 Å². The fraction of sp³-hybridized carbons (Fsp3) is 0.733. The largest absolute Gasteiger partial charge is 0.310 e. The van der Waals surface area contributed by atoms with Crippen LogP contribution in [-0.4, -0.2) is 31.2 Å². The molecule has 1 fully saturated rings. The minimum atomic E-state index is -0.654. The van der Waals surface area contributed by atoms with Gasteiger partial charge in [0.2, 0.25) is 0 Å². The first kappa shape index (κ1) is 15.6. The van der Waals surface area contributed by atoms with Gasteiger partial charge in [0.25, 0.3) is 0 Å². The molecule has 112 valence electrons. The van der Waals surface area contributed by atoms with Crippen molar-refractivity contribution in [1.82, 2.24) is 15.3 Å². The summed E-state index contributed by atoms with van der Waals surface area (Å²) in [7, 11) is -0.654. The summed E-state index contributed by atoms with van der Waals surface area (Å²) in [5.74, 6) is 1.60. The Morgan fingerprint density at radius 2 is 2.20 bits per heavy atom. The molecular formula is C15H25N3OS. The van der Waals surface area contributed by atoms with Crippen LogP contribution in [-0.2, 0) is 17.3 Å². The zero-order valence-electron chi connectivity index (χ0n) is 12.7. The van der Waals surface area contributed by atoms with E-state index in [0.29, 0.717) is 11.3 Å². The van der Waals surface area contributed by atoms with Crippen LogP contribution in [0.15, 0.2) is 6.20 Å². The molecule has 0 saturated heterocycles. The number of nitrogens with one attached hydrogen (secondary N) is 1. The summed E-state index contributed by atoms with van der Waals surface area (Å²) in [4.78, 5) is 8.65. The molecule has 1 aromatic heterocycles. The Kier molecular flexibility index (Phi) is 5.66. The number of hydrogen-bond acceptors (Lipinski definition) is 4. The number of hydrogen-bond donors (Lipinski definition) is 1. The molecule has 1 saturated carbocycles. The fourth-order valence-electron chi connectivity index (χ4n) is 2.84. The molecule has 1 aromatic rings. The first-order valence-corrected chi connectivity index (χ1v) is 8.88. The quantitative estimate of drug-likeness (QED) is 0.905. The molecule has 0 radical (unpaired) electrons. The van der Waals surface area contributed by atoms with Crippen molar-refractivity contribution in [3.05, 3.63) is 23.3 Å².